The van der Waals surface area contributed by atoms with E-state index in [1.54, 1.807) is 0 Å². The fraction of sp³-hybridized carbons (Fsp3) is 1.00. The van der Waals surface area contributed by atoms with Gasteiger partial charge < -0.3 is 20.1 Å². The third-order valence-corrected chi connectivity index (χ3v) is 1.51. The summed E-state index contributed by atoms with van der Waals surface area (Å²) >= 11 is 0. The van der Waals surface area contributed by atoms with E-state index in [9.17, 15) is 0 Å². The van der Waals surface area contributed by atoms with E-state index in [2.05, 4.69) is 4.74 Å². The van der Waals surface area contributed by atoms with Gasteiger partial charge in [-0.25, -0.2) is 0 Å². The van der Waals surface area contributed by atoms with Gasteiger partial charge in [-0.15, -0.1) is 0 Å². The first-order valence-electron chi connectivity index (χ1n) is 2.84. The van der Waals surface area contributed by atoms with E-state index < -0.39 is 18.3 Å². The summed E-state index contributed by atoms with van der Waals surface area (Å²) in [7, 11) is 0. The second kappa shape index (κ2) is 2.62. The van der Waals surface area contributed by atoms with Gasteiger partial charge in [0.05, 0.1) is 25.2 Å². The van der Waals surface area contributed by atoms with E-state index in [4.69, 9.17) is 15.3 Å². The SMILES string of the molecule is OC[C@@H]1[C@H](O)CO[C@@H]1O. The summed E-state index contributed by atoms with van der Waals surface area (Å²) in [5, 5.41) is 26.2. The van der Waals surface area contributed by atoms with Gasteiger partial charge in [0.1, 0.15) is 0 Å². The van der Waals surface area contributed by atoms with Gasteiger partial charge >= 0.3 is 0 Å². The summed E-state index contributed by atoms with van der Waals surface area (Å²) in [5.74, 6) is -0.523. The summed E-state index contributed by atoms with van der Waals surface area (Å²) < 4.78 is 4.61. The van der Waals surface area contributed by atoms with Crippen molar-refractivity contribution in [2.24, 2.45) is 5.92 Å². The molecule has 1 heterocycles. The van der Waals surface area contributed by atoms with Crippen molar-refractivity contribution in [3.05, 3.63) is 0 Å². The number of rotatable bonds is 1. The van der Waals surface area contributed by atoms with Crippen LogP contribution in [0.25, 0.3) is 0 Å². The molecule has 0 aromatic rings. The maximum atomic E-state index is 8.91. The molecule has 4 heteroatoms. The Bertz CT molecular complexity index is 85.0. The van der Waals surface area contributed by atoms with Crippen LogP contribution in [0.4, 0.5) is 0 Å². The molecule has 0 radical (unpaired) electrons. The molecule has 0 unspecified atom stereocenters. The van der Waals surface area contributed by atoms with E-state index in [0.717, 1.165) is 0 Å². The van der Waals surface area contributed by atoms with Gasteiger partial charge in [0.2, 0.25) is 0 Å². The van der Waals surface area contributed by atoms with Crippen LogP contribution >= 0.6 is 0 Å². The highest BCUT2D eigenvalue weighted by atomic mass is 16.6. The van der Waals surface area contributed by atoms with Crippen molar-refractivity contribution in [1.29, 1.82) is 0 Å². The standard InChI is InChI=1S/C5H10O4/c6-1-3-4(7)2-9-5(3)8/h3-8H,1-2H2/t3-,4-,5+/m1/s1. The predicted molar refractivity (Wildman–Crippen MR) is 28.5 cm³/mol. The van der Waals surface area contributed by atoms with Crippen LogP contribution in [0.15, 0.2) is 0 Å². The summed E-state index contributed by atoms with van der Waals surface area (Å²) in [4.78, 5) is 0. The predicted octanol–water partition coefficient (Wildman–Crippen LogP) is -1.70. The van der Waals surface area contributed by atoms with E-state index >= 15 is 0 Å². The molecule has 54 valence electrons. The van der Waals surface area contributed by atoms with Crippen LogP contribution < -0.4 is 0 Å². The summed E-state index contributed by atoms with van der Waals surface area (Å²) in [5.41, 5.74) is 0. The molecule has 0 aromatic carbocycles. The Morgan fingerprint density at radius 1 is 1.44 bits per heavy atom. The van der Waals surface area contributed by atoms with Crippen molar-refractivity contribution >= 4 is 0 Å². The lowest BCUT2D eigenvalue weighted by molar-refractivity contribution is -0.0913. The van der Waals surface area contributed by atoms with Crippen LogP contribution in [0.2, 0.25) is 0 Å². The molecule has 0 aliphatic carbocycles. The zero-order valence-electron chi connectivity index (χ0n) is 4.90. The Morgan fingerprint density at radius 2 is 2.11 bits per heavy atom. The molecule has 1 aliphatic rings. The van der Waals surface area contributed by atoms with E-state index in [1.165, 1.54) is 0 Å². The third-order valence-electron chi connectivity index (χ3n) is 1.51. The molecule has 3 atom stereocenters. The highest BCUT2D eigenvalue weighted by molar-refractivity contribution is 4.75. The van der Waals surface area contributed by atoms with Gasteiger partial charge in [0.15, 0.2) is 6.29 Å². The maximum absolute atomic E-state index is 8.91. The van der Waals surface area contributed by atoms with Crippen LogP contribution in [0.3, 0.4) is 0 Å². The highest BCUT2D eigenvalue weighted by Gasteiger charge is 2.33. The Kier molecular flexibility index (Phi) is 2.02. The summed E-state index contributed by atoms with van der Waals surface area (Å²) in [6.45, 7) is -0.116. The molecule has 1 aliphatic heterocycles. The first-order valence-corrected chi connectivity index (χ1v) is 2.84. The third kappa shape index (κ3) is 1.21. The molecule has 1 saturated heterocycles. The normalized spacial score (nSPS) is 43.7. The van der Waals surface area contributed by atoms with Crippen molar-refractivity contribution in [3.8, 4) is 0 Å². The first kappa shape index (κ1) is 6.95. The number of hydrogen-bond donors (Lipinski definition) is 3. The molecular weight excluding hydrogens is 124 g/mol. The fourth-order valence-corrected chi connectivity index (χ4v) is 0.846. The zero-order chi connectivity index (χ0) is 6.85. The second-order valence-electron chi connectivity index (χ2n) is 2.14. The van der Waals surface area contributed by atoms with Crippen LogP contribution in [0, 0.1) is 5.92 Å². The average molecular weight is 134 g/mol. The largest absolute Gasteiger partial charge is 0.396 e. The lowest BCUT2D eigenvalue weighted by Gasteiger charge is -2.10. The van der Waals surface area contributed by atoms with Crippen LogP contribution in [-0.2, 0) is 4.74 Å². The molecule has 3 N–H and O–H groups in total. The molecule has 1 rings (SSSR count). The van der Waals surface area contributed by atoms with Gasteiger partial charge in [-0.2, -0.15) is 0 Å². The topological polar surface area (TPSA) is 69.9 Å². The van der Waals surface area contributed by atoms with Crippen LogP contribution in [-0.4, -0.2) is 40.9 Å². The minimum absolute atomic E-state index is 0.117. The Labute approximate surface area is 52.7 Å². The quantitative estimate of drug-likeness (QED) is 0.400. The van der Waals surface area contributed by atoms with E-state index in [-0.39, 0.29) is 13.2 Å². The molecule has 0 saturated carbocycles. The van der Waals surface area contributed by atoms with Crippen molar-refractivity contribution in [3.63, 3.8) is 0 Å². The Morgan fingerprint density at radius 3 is 2.33 bits per heavy atom. The van der Waals surface area contributed by atoms with Crippen molar-refractivity contribution in [2.75, 3.05) is 13.2 Å². The van der Waals surface area contributed by atoms with Gasteiger partial charge in [-0.05, 0) is 0 Å². The number of hydrogen-bond acceptors (Lipinski definition) is 4. The monoisotopic (exact) mass is 134 g/mol. The maximum Gasteiger partial charge on any atom is 0.162 e. The second-order valence-corrected chi connectivity index (χ2v) is 2.14. The lowest BCUT2D eigenvalue weighted by Crippen LogP contribution is -2.26. The number of ether oxygens (including phenoxy) is 1. The fourth-order valence-electron chi connectivity index (χ4n) is 0.846. The highest BCUT2D eigenvalue weighted by Crippen LogP contribution is 2.18. The molecule has 0 amide bonds. The van der Waals surface area contributed by atoms with Crippen molar-refractivity contribution in [1.82, 2.24) is 0 Å². The van der Waals surface area contributed by atoms with Gasteiger partial charge in [0, 0.05) is 0 Å². The number of aliphatic hydroxyl groups excluding tert-OH is 3. The van der Waals surface area contributed by atoms with Crippen LogP contribution in [0.5, 0.6) is 0 Å². The lowest BCUT2D eigenvalue weighted by atomic mass is 10.1. The van der Waals surface area contributed by atoms with E-state index in [0.29, 0.717) is 0 Å². The molecule has 0 aromatic heterocycles. The first-order chi connectivity index (χ1) is 4.25. The van der Waals surface area contributed by atoms with E-state index in [1.807, 2.05) is 0 Å². The van der Waals surface area contributed by atoms with Gasteiger partial charge in [0.25, 0.3) is 0 Å². The molecular formula is C5H10O4. The molecule has 1 fully saturated rings. The minimum atomic E-state index is -0.995. The van der Waals surface area contributed by atoms with Crippen molar-refractivity contribution < 1.29 is 20.1 Å². The molecule has 0 spiro atoms. The Hall–Kier alpha value is -0.160. The summed E-state index contributed by atoms with van der Waals surface area (Å²) in [6, 6.07) is 0. The van der Waals surface area contributed by atoms with Gasteiger partial charge in [-0.3, -0.25) is 0 Å². The minimum Gasteiger partial charge on any atom is -0.396 e. The smallest absolute Gasteiger partial charge is 0.162 e. The van der Waals surface area contributed by atoms with Crippen LogP contribution in [0.1, 0.15) is 0 Å². The molecule has 9 heavy (non-hydrogen) atoms. The Balaban J connectivity index is 2.44. The van der Waals surface area contributed by atoms with Gasteiger partial charge in [-0.1, -0.05) is 0 Å². The summed E-state index contributed by atoms with van der Waals surface area (Å²) in [6.07, 6.45) is -1.71. The number of aliphatic hydroxyl groups is 3. The zero-order valence-corrected chi connectivity index (χ0v) is 4.90. The average Bonchev–Trinajstić information content (AvgIpc) is 2.12. The molecule has 0 bridgehead atoms. The van der Waals surface area contributed by atoms with Crippen molar-refractivity contribution in [2.45, 2.75) is 12.4 Å². The molecule has 4 nitrogen and oxygen atoms in total.